The number of ether oxygens (including phenoxy) is 6. The largest absolute Gasteiger partial charge is 0.490 e. The van der Waals surface area contributed by atoms with Gasteiger partial charge in [-0.15, -0.1) is 11.3 Å². The van der Waals surface area contributed by atoms with Crippen molar-refractivity contribution < 1.29 is 70.3 Å². The Labute approximate surface area is 440 Å². The van der Waals surface area contributed by atoms with Gasteiger partial charge in [-0.05, 0) is 54.7 Å². The van der Waals surface area contributed by atoms with Crippen molar-refractivity contribution in [1.29, 1.82) is 0 Å². The average Bonchev–Trinajstić information content (AvgIpc) is 4.00. The van der Waals surface area contributed by atoms with Gasteiger partial charge in [-0.3, -0.25) is 24.0 Å². The minimum Gasteiger partial charge on any atom is -0.490 e. The first-order chi connectivity index (χ1) is 36.3. The number of rotatable bonds is 25. The Bertz CT molecular complexity index is 3260. The molecule has 3 aliphatic rings. The Morgan fingerprint density at radius 3 is 2.25 bits per heavy atom. The van der Waals surface area contributed by atoms with Crippen LogP contribution in [0.15, 0.2) is 39.5 Å². The number of hydrogen-bond donors (Lipinski definition) is 5. The van der Waals surface area contributed by atoms with Crippen molar-refractivity contribution in [3.63, 3.8) is 0 Å². The van der Waals surface area contributed by atoms with Crippen LogP contribution in [0.25, 0.3) is 32.5 Å². The summed E-state index contributed by atoms with van der Waals surface area (Å²) in [7, 11) is -3.54. The SMILES string of the molecule is CC[C@@]1(O)C(=O)OCc2c1cc1n(c2=O)Cc2c-1nc1ccc(NC(=O)[C@H](C)NC(=O)[C@@H](NC(=O)CCOCCOCCOCCOCCNC(=O)Cc3cc4sc(S(C)(=O)=O)nc4cc3F)C(C)C)c3c1c2CCO3. The molecule has 5 N–H and O–H groups in total. The van der Waals surface area contributed by atoms with Crippen LogP contribution in [0, 0.1) is 11.7 Å². The molecule has 4 amide bonds. The molecule has 0 bridgehead atoms. The highest BCUT2D eigenvalue weighted by Crippen LogP contribution is 2.45. The number of aromatic nitrogens is 3. The topological polar surface area (TPSA) is 291 Å². The fourth-order valence-corrected chi connectivity index (χ4v) is 11.0. The summed E-state index contributed by atoms with van der Waals surface area (Å²) in [6, 6.07) is 5.64. The molecule has 0 aliphatic carbocycles. The van der Waals surface area contributed by atoms with Crippen LogP contribution in [-0.4, -0.2) is 142 Å². The highest BCUT2D eigenvalue weighted by atomic mass is 32.2. The molecule has 0 radical (unpaired) electrons. The van der Waals surface area contributed by atoms with Gasteiger partial charge in [-0.2, -0.15) is 0 Å². The zero-order valence-corrected chi connectivity index (χ0v) is 44.3. The van der Waals surface area contributed by atoms with E-state index in [0.717, 1.165) is 34.8 Å². The van der Waals surface area contributed by atoms with Gasteiger partial charge in [0.1, 0.15) is 24.5 Å². The quantitative estimate of drug-likeness (QED) is 0.0407. The van der Waals surface area contributed by atoms with Crippen LogP contribution in [-0.2, 0) is 89.1 Å². The smallest absolute Gasteiger partial charge is 0.343 e. The summed E-state index contributed by atoms with van der Waals surface area (Å²) in [4.78, 5) is 87.6. The number of anilines is 1. The molecule has 22 nitrogen and oxygen atoms in total. The first kappa shape index (κ1) is 55.7. The Hall–Kier alpha value is -6.48. The Morgan fingerprint density at radius 2 is 1.57 bits per heavy atom. The second kappa shape index (κ2) is 23.8. The van der Waals surface area contributed by atoms with Gasteiger partial charge in [0.25, 0.3) is 5.56 Å². The summed E-state index contributed by atoms with van der Waals surface area (Å²) in [5, 5.41) is 22.9. The number of nitrogens with zero attached hydrogens (tertiary/aromatic N) is 3. The molecule has 0 fully saturated rings. The van der Waals surface area contributed by atoms with Gasteiger partial charge in [0.2, 0.25) is 37.8 Å². The summed E-state index contributed by atoms with van der Waals surface area (Å²) in [5.41, 5.74) is 2.12. The number of cyclic esters (lactones) is 1. The second-order valence-corrected chi connectivity index (χ2v) is 22.1. The van der Waals surface area contributed by atoms with Crippen molar-refractivity contribution >= 4 is 77.6 Å². The molecule has 408 valence electrons. The zero-order chi connectivity index (χ0) is 54.5. The van der Waals surface area contributed by atoms with Crippen molar-refractivity contribution in [2.45, 2.75) is 88.6 Å². The molecule has 5 aromatic rings. The summed E-state index contributed by atoms with van der Waals surface area (Å²) >= 11 is 0.916. The lowest BCUT2D eigenvalue weighted by atomic mass is 9.86. The fourth-order valence-electron chi connectivity index (χ4n) is 9.09. The van der Waals surface area contributed by atoms with Crippen LogP contribution in [0.3, 0.4) is 0 Å². The van der Waals surface area contributed by atoms with Gasteiger partial charge in [-0.25, -0.2) is 27.6 Å². The fraction of sp³-hybridized carbons (Fsp3) is 0.490. The van der Waals surface area contributed by atoms with Crippen molar-refractivity contribution in [3.8, 4) is 17.1 Å². The lowest BCUT2D eigenvalue weighted by molar-refractivity contribution is -0.172. The van der Waals surface area contributed by atoms with Gasteiger partial charge >= 0.3 is 5.97 Å². The van der Waals surface area contributed by atoms with E-state index in [-0.39, 0.29) is 130 Å². The van der Waals surface area contributed by atoms with Gasteiger partial charge in [0.15, 0.2) is 11.4 Å². The normalized spacial score (nSPS) is 16.3. The third kappa shape index (κ3) is 12.2. The van der Waals surface area contributed by atoms with E-state index in [1.165, 1.54) is 13.0 Å². The third-order valence-electron chi connectivity index (χ3n) is 13.2. The van der Waals surface area contributed by atoms with E-state index in [1.54, 1.807) is 43.5 Å². The van der Waals surface area contributed by atoms with Crippen LogP contribution in [0.1, 0.15) is 68.4 Å². The van der Waals surface area contributed by atoms with Crippen molar-refractivity contribution in [2.75, 3.05) is 77.6 Å². The van der Waals surface area contributed by atoms with Gasteiger partial charge in [0.05, 0.1) is 111 Å². The van der Waals surface area contributed by atoms with E-state index in [2.05, 4.69) is 26.3 Å². The number of amides is 4. The van der Waals surface area contributed by atoms with Crippen molar-refractivity contribution in [3.05, 3.63) is 74.3 Å². The molecule has 25 heteroatoms. The lowest BCUT2D eigenvalue weighted by Gasteiger charge is -2.31. The number of nitrogens with one attached hydrogen (secondary N) is 4. The number of carbonyl (C=O) groups is 5. The van der Waals surface area contributed by atoms with Crippen LogP contribution >= 0.6 is 11.3 Å². The number of fused-ring (bicyclic) bond motifs is 6. The minimum atomic E-state index is -3.54. The molecule has 6 heterocycles. The highest BCUT2D eigenvalue weighted by Gasteiger charge is 2.46. The van der Waals surface area contributed by atoms with Crippen LogP contribution < -0.4 is 31.6 Å². The van der Waals surface area contributed by atoms with Crippen LogP contribution in [0.4, 0.5) is 10.1 Å². The molecule has 0 unspecified atom stereocenters. The highest BCUT2D eigenvalue weighted by molar-refractivity contribution is 7.92. The van der Waals surface area contributed by atoms with Crippen LogP contribution in [0.5, 0.6) is 5.75 Å². The average molecular weight is 1090 g/mol. The number of thiazole rings is 1. The number of pyridine rings is 2. The molecular weight excluding hydrogens is 1030 g/mol. The van der Waals surface area contributed by atoms with E-state index in [9.17, 15) is 46.7 Å². The Morgan fingerprint density at radius 1 is 0.868 bits per heavy atom. The van der Waals surface area contributed by atoms with Gasteiger partial charge in [0, 0.05) is 48.2 Å². The monoisotopic (exact) mass is 1090 g/mol. The molecule has 2 aromatic carbocycles. The number of carbonyl (C=O) groups excluding carboxylic acids is 5. The predicted octanol–water partition coefficient (Wildman–Crippen LogP) is 2.57. The molecule has 0 spiro atoms. The summed E-state index contributed by atoms with van der Waals surface area (Å²) < 4.78 is 73.3. The number of esters is 1. The number of benzene rings is 2. The van der Waals surface area contributed by atoms with E-state index in [1.807, 2.05) is 0 Å². The maximum absolute atomic E-state index is 14.5. The number of aliphatic hydroxyl groups is 1. The Balaban J connectivity index is 0.704. The first-order valence-corrected chi connectivity index (χ1v) is 27.6. The predicted molar refractivity (Wildman–Crippen MR) is 274 cm³/mol. The molecule has 8 rings (SSSR count). The second-order valence-electron chi connectivity index (χ2n) is 18.9. The lowest BCUT2D eigenvalue weighted by Crippen LogP contribution is -2.53. The number of halogens is 1. The molecule has 76 heavy (non-hydrogen) atoms. The van der Waals surface area contributed by atoms with Crippen LogP contribution in [0.2, 0.25) is 0 Å². The van der Waals surface area contributed by atoms with Gasteiger partial charge < -0.3 is 59.4 Å². The van der Waals surface area contributed by atoms with E-state index in [4.69, 9.17) is 33.4 Å². The van der Waals surface area contributed by atoms with Crippen molar-refractivity contribution in [1.82, 2.24) is 30.5 Å². The standard InChI is InChI=1S/C51H60FN7O15S2/c1-6-51(66)33-23-38-44-31(25-59(38)48(64)32(33)26-74-49(51)65)30-9-13-73-45-36(8-7-35(55-44)42(30)45)56-46(62)28(4)54-47(63)43(27(2)3)58-40(60)10-12-69-15-17-71-19-20-72-18-16-70-14-11-53-41(61)22-29-21-39-37(24-34(29)52)57-50(75-39)76(5,67)68/h7-8,21,23-24,27-28,43,66H,6,9-20,22,25-26H2,1-5H3,(H,53,61)(H,54,63)(H,56,62)(H,58,60)/t28-,43-,51-/m0/s1. The van der Waals surface area contributed by atoms with E-state index >= 15 is 0 Å². The zero-order valence-electron chi connectivity index (χ0n) is 42.6. The molecule has 0 saturated carbocycles. The first-order valence-electron chi connectivity index (χ1n) is 24.8. The molecular formula is C51H60FN7O15S2. The van der Waals surface area contributed by atoms with Crippen molar-refractivity contribution in [2.24, 2.45) is 5.92 Å². The van der Waals surface area contributed by atoms with Gasteiger partial charge in [-0.1, -0.05) is 20.8 Å². The number of hydrogen-bond acceptors (Lipinski definition) is 18. The minimum absolute atomic E-state index is 0.0227. The third-order valence-corrected chi connectivity index (χ3v) is 15.9. The molecule has 3 aliphatic heterocycles. The maximum atomic E-state index is 14.5. The summed E-state index contributed by atoms with van der Waals surface area (Å²) in [6.07, 6.45) is 1.29. The van der Waals surface area contributed by atoms with E-state index < -0.39 is 62.9 Å². The molecule has 0 saturated heterocycles. The Kier molecular flexibility index (Phi) is 17.5. The number of sulfone groups is 1. The molecule has 3 aromatic heterocycles. The maximum Gasteiger partial charge on any atom is 0.343 e. The molecule has 3 atom stereocenters. The van der Waals surface area contributed by atoms with E-state index in [0.29, 0.717) is 51.5 Å². The summed E-state index contributed by atoms with van der Waals surface area (Å²) in [6.45, 7) is 9.03. The summed E-state index contributed by atoms with van der Waals surface area (Å²) in [5.74, 6) is -3.29.